The van der Waals surface area contributed by atoms with Gasteiger partial charge in [-0.3, -0.25) is 4.79 Å². The molecule has 2 nitrogen and oxygen atoms in total. The van der Waals surface area contributed by atoms with E-state index in [0.717, 1.165) is 18.6 Å². The number of nitrogens with one attached hydrogen (secondary N) is 1. The summed E-state index contributed by atoms with van der Waals surface area (Å²) in [7, 11) is 0. The summed E-state index contributed by atoms with van der Waals surface area (Å²) in [5, 5.41) is 2.68. The van der Waals surface area contributed by atoms with E-state index in [-0.39, 0.29) is 5.91 Å². The summed E-state index contributed by atoms with van der Waals surface area (Å²) < 4.78 is 38.6. The quantitative estimate of drug-likeness (QED) is 0.773. The number of fused-ring (bicyclic) bond motifs is 2. The van der Waals surface area contributed by atoms with Gasteiger partial charge in [0.15, 0.2) is 0 Å². The highest BCUT2D eigenvalue weighted by atomic mass is 79.9. The van der Waals surface area contributed by atoms with Gasteiger partial charge in [-0.1, -0.05) is 6.42 Å². The molecule has 0 bridgehead atoms. The van der Waals surface area contributed by atoms with E-state index in [2.05, 4.69) is 21.2 Å². The van der Waals surface area contributed by atoms with E-state index in [4.69, 9.17) is 0 Å². The van der Waals surface area contributed by atoms with Crippen molar-refractivity contribution < 1.29 is 18.0 Å². The van der Waals surface area contributed by atoms with Crippen LogP contribution in [0.3, 0.4) is 0 Å². The van der Waals surface area contributed by atoms with Crippen molar-refractivity contribution in [2.24, 2.45) is 0 Å². The molecule has 18 heavy (non-hydrogen) atoms. The smallest absolute Gasteiger partial charge is 0.324 e. The average molecular weight is 320 g/mol. The monoisotopic (exact) mass is 319 g/mol. The van der Waals surface area contributed by atoms with Gasteiger partial charge >= 0.3 is 6.18 Å². The Balaban J connectivity index is 2.20. The maximum atomic E-state index is 12.8. The van der Waals surface area contributed by atoms with Crippen LogP contribution < -0.4 is 5.32 Å². The first-order valence-corrected chi connectivity index (χ1v) is 6.36. The first-order chi connectivity index (χ1) is 8.34. The van der Waals surface area contributed by atoms with E-state index < -0.39 is 17.2 Å². The fourth-order valence-corrected chi connectivity index (χ4v) is 3.22. The van der Waals surface area contributed by atoms with Crippen LogP contribution in [0, 0.1) is 0 Å². The fourth-order valence-electron chi connectivity index (χ4n) is 2.66. The van der Waals surface area contributed by atoms with Crippen molar-refractivity contribution >= 4 is 27.5 Å². The molecule has 1 aliphatic heterocycles. The molecule has 1 heterocycles. The Kier molecular flexibility index (Phi) is 2.33. The van der Waals surface area contributed by atoms with Crippen LogP contribution in [0.1, 0.15) is 30.4 Å². The third kappa shape index (κ3) is 1.44. The summed E-state index contributed by atoms with van der Waals surface area (Å²) >= 11 is 3.11. The van der Waals surface area contributed by atoms with Crippen LogP contribution in [-0.4, -0.2) is 5.91 Å². The molecule has 3 rings (SSSR count). The Morgan fingerprint density at radius 3 is 2.44 bits per heavy atom. The molecule has 0 saturated heterocycles. The second-order valence-electron chi connectivity index (χ2n) is 4.77. The van der Waals surface area contributed by atoms with Crippen LogP contribution in [0.4, 0.5) is 18.9 Å². The van der Waals surface area contributed by atoms with E-state index >= 15 is 0 Å². The molecular weight excluding hydrogens is 311 g/mol. The van der Waals surface area contributed by atoms with Gasteiger partial charge in [-0.05, 0) is 46.5 Å². The summed E-state index contributed by atoms with van der Waals surface area (Å²) in [6.45, 7) is 0. The number of anilines is 1. The van der Waals surface area contributed by atoms with Gasteiger partial charge in [-0.2, -0.15) is 13.2 Å². The molecule has 1 spiro atoms. The lowest BCUT2D eigenvalue weighted by molar-refractivity contribution is -0.137. The molecule has 6 heteroatoms. The van der Waals surface area contributed by atoms with Crippen molar-refractivity contribution in [3.63, 3.8) is 0 Å². The SMILES string of the molecule is O=C1Nc2c(Br)cc(C(F)(F)F)cc2C12CCC2. The fraction of sp³-hybridized carbons (Fsp3) is 0.417. The Bertz CT molecular complexity index is 549. The molecule has 96 valence electrons. The maximum absolute atomic E-state index is 12.8. The van der Waals surface area contributed by atoms with Gasteiger partial charge in [0.2, 0.25) is 5.91 Å². The highest BCUT2D eigenvalue weighted by molar-refractivity contribution is 9.10. The second kappa shape index (κ2) is 3.50. The molecule has 1 aliphatic carbocycles. The Morgan fingerprint density at radius 1 is 1.28 bits per heavy atom. The minimum atomic E-state index is -4.39. The average Bonchev–Trinajstić information content (AvgIpc) is 2.48. The largest absolute Gasteiger partial charge is 0.416 e. The molecule has 1 fully saturated rings. The van der Waals surface area contributed by atoms with E-state index in [1.165, 1.54) is 0 Å². The molecular formula is C12H9BrF3NO. The number of alkyl halides is 3. The second-order valence-corrected chi connectivity index (χ2v) is 5.62. The first kappa shape index (κ1) is 12.0. The number of carbonyl (C=O) groups excluding carboxylic acids is 1. The number of hydrogen-bond acceptors (Lipinski definition) is 1. The third-order valence-electron chi connectivity index (χ3n) is 3.81. The van der Waals surface area contributed by atoms with Gasteiger partial charge in [0.05, 0.1) is 16.7 Å². The van der Waals surface area contributed by atoms with Crippen LogP contribution in [0.5, 0.6) is 0 Å². The van der Waals surface area contributed by atoms with Crippen molar-refractivity contribution in [1.82, 2.24) is 0 Å². The number of amides is 1. The minimum Gasteiger partial charge on any atom is -0.324 e. The zero-order valence-corrected chi connectivity index (χ0v) is 10.8. The third-order valence-corrected chi connectivity index (χ3v) is 4.44. The Morgan fingerprint density at radius 2 is 1.94 bits per heavy atom. The normalized spacial score (nSPS) is 20.6. The Labute approximate surface area is 110 Å². The Hall–Kier alpha value is -1.04. The standard InChI is InChI=1S/C12H9BrF3NO/c13-8-5-6(12(14,15)16)4-7-9(8)17-10(18)11(7)2-1-3-11/h4-5H,1-3H2,(H,17,18). The number of benzene rings is 1. The van der Waals surface area contributed by atoms with Gasteiger partial charge < -0.3 is 5.32 Å². The zero-order valence-electron chi connectivity index (χ0n) is 9.20. The lowest BCUT2D eigenvalue weighted by Gasteiger charge is -2.36. The van der Waals surface area contributed by atoms with Crippen LogP contribution in [0.25, 0.3) is 0 Å². The van der Waals surface area contributed by atoms with Gasteiger partial charge in [0.1, 0.15) is 0 Å². The van der Waals surface area contributed by atoms with Crippen molar-refractivity contribution in [2.45, 2.75) is 30.9 Å². The van der Waals surface area contributed by atoms with Crippen LogP contribution in [0.2, 0.25) is 0 Å². The first-order valence-electron chi connectivity index (χ1n) is 5.57. The molecule has 1 N–H and O–H groups in total. The van der Waals surface area contributed by atoms with E-state index in [1.54, 1.807) is 0 Å². The van der Waals surface area contributed by atoms with E-state index in [0.29, 0.717) is 28.6 Å². The number of halogens is 4. The summed E-state index contributed by atoms with van der Waals surface area (Å²) in [5.74, 6) is -0.177. The van der Waals surface area contributed by atoms with Gasteiger partial charge in [-0.15, -0.1) is 0 Å². The molecule has 1 aromatic carbocycles. The molecule has 1 amide bonds. The van der Waals surface area contributed by atoms with Crippen LogP contribution in [-0.2, 0) is 16.4 Å². The number of rotatable bonds is 0. The maximum Gasteiger partial charge on any atom is 0.416 e. The summed E-state index contributed by atoms with van der Waals surface area (Å²) in [5.41, 5.74) is -0.455. The van der Waals surface area contributed by atoms with Gasteiger partial charge in [0, 0.05) is 4.47 Å². The van der Waals surface area contributed by atoms with Crippen LogP contribution in [0.15, 0.2) is 16.6 Å². The summed E-state index contributed by atoms with van der Waals surface area (Å²) in [6.07, 6.45) is -2.27. The van der Waals surface area contributed by atoms with Crippen molar-refractivity contribution in [1.29, 1.82) is 0 Å². The highest BCUT2D eigenvalue weighted by Crippen LogP contribution is 2.54. The molecule has 2 aliphatic rings. The summed E-state index contributed by atoms with van der Waals surface area (Å²) in [4.78, 5) is 11.9. The van der Waals surface area contributed by atoms with Crippen LogP contribution >= 0.6 is 15.9 Å². The van der Waals surface area contributed by atoms with Crippen molar-refractivity contribution in [3.8, 4) is 0 Å². The predicted molar refractivity (Wildman–Crippen MR) is 63.3 cm³/mol. The van der Waals surface area contributed by atoms with Gasteiger partial charge in [0.25, 0.3) is 0 Å². The predicted octanol–water partition coefficient (Wildman–Crippen LogP) is 3.84. The molecule has 0 atom stereocenters. The molecule has 0 aromatic heterocycles. The number of carbonyl (C=O) groups is 1. The lowest BCUT2D eigenvalue weighted by Crippen LogP contribution is -2.40. The summed E-state index contributed by atoms with van der Waals surface area (Å²) in [6, 6.07) is 2.12. The molecule has 1 aromatic rings. The highest BCUT2D eigenvalue weighted by Gasteiger charge is 2.52. The topological polar surface area (TPSA) is 29.1 Å². The van der Waals surface area contributed by atoms with Gasteiger partial charge in [-0.25, -0.2) is 0 Å². The van der Waals surface area contributed by atoms with Crippen molar-refractivity contribution in [2.75, 3.05) is 5.32 Å². The van der Waals surface area contributed by atoms with Crippen molar-refractivity contribution in [3.05, 3.63) is 27.7 Å². The molecule has 0 unspecified atom stereocenters. The molecule has 1 saturated carbocycles. The lowest BCUT2D eigenvalue weighted by atomic mass is 9.65. The molecule has 0 radical (unpaired) electrons. The van der Waals surface area contributed by atoms with E-state index in [1.807, 2.05) is 0 Å². The van der Waals surface area contributed by atoms with E-state index in [9.17, 15) is 18.0 Å². The minimum absolute atomic E-state index is 0.177. The zero-order chi connectivity index (χ0) is 13.1. The number of hydrogen-bond donors (Lipinski definition) is 1.